The molecule has 0 bridgehead atoms. The van der Waals surface area contributed by atoms with E-state index in [1.807, 2.05) is 13.0 Å². The molecule has 0 spiro atoms. The number of amides is 1. The SMILES string of the molecule is Cc1cc(C(C)NC(=O)c2ccc(OCC(F)(F)F)nn2)cc(CC(=O)C2CC2)n1. The van der Waals surface area contributed by atoms with Crippen LogP contribution in [0, 0.1) is 12.8 Å². The first-order valence-corrected chi connectivity index (χ1v) is 9.45. The van der Waals surface area contributed by atoms with E-state index >= 15 is 0 Å². The second kappa shape index (κ2) is 8.76. The Kier molecular flexibility index (Phi) is 6.33. The van der Waals surface area contributed by atoms with E-state index in [-0.39, 0.29) is 29.7 Å². The van der Waals surface area contributed by atoms with Gasteiger partial charge in [0, 0.05) is 29.8 Å². The minimum Gasteiger partial charge on any atom is -0.467 e. The average molecular weight is 422 g/mol. The Balaban J connectivity index is 1.62. The molecule has 0 aromatic carbocycles. The summed E-state index contributed by atoms with van der Waals surface area (Å²) in [5.41, 5.74) is 2.12. The van der Waals surface area contributed by atoms with Crippen LogP contribution < -0.4 is 10.1 Å². The highest BCUT2D eigenvalue weighted by Gasteiger charge is 2.30. The van der Waals surface area contributed by atoms with Gasteiger partial charge in [-0.15, -0.1) is 10.2 Å². The molecular weight excluding hydrogens is 401 g/mol. The summed E-state index contributed by atoms with van der Waals surface area (Å²) >= 11 is 0. The molecule has 1 saturated carbocycles. The van der Waals surface area contributed by atoms with Gasteiger partial charge in [-0.05, 0) is 50.5 Å². The Labute approximate surface area is 171 Å². The highest BCUT2D eigenvalue weighted by Crippen LogP contribution is 2.31. The van der Waals surface area contributed by atoms with Gasteiger partial charge in [-0.2, -0.15) is 13.2 Å². The number of aryl methyl sites for hydroxylation is 1. The van der Waals surface area contributed by atoms with Crippen LogP contribution in [0.3, 0.4) is 0 Å². The topological polar surface area (TPSA) is 94.1 Å². The van der Waals surface area contributed by atoms with Crippen molar-refractivity contribution in [2.75, 3.05) is 6.61 Å². The van der Waals surface area contributed by atoms with E-state index in [2.05, 4.69) is 25.2 Å². The summed E-state index contributed by atoms with van der Waals surface area (Å²) in [6.07, 6.45) is -2.35. The minimum atomic E-state index is -4.49. The van der Waals surface area contributed by atoms with Gasteiger partial charge in [-0.3, -0.25) is 14.6 Å². The molecule has 1 fully saturated rings. The van der Waals surface area contributed by atoms with Crippen molar-refractivity contribution in [2.45, 2.75) is 45.3 Å². The number of halogens is 3. The fraction of sp³-hybridized carbons (Fsp3) is 0.450. The lowest BCUT2D eigenvalue weighted by atomic mass is 10.0. The van der Waals surface area contributed by atoms with Gasteiger partial charge < -0.3 is 10.1 Å². The Morgan fingerprint density at radius 2 is 1.97 bits per heavy atom. The number of ether oxygens (including phenoxy) is 1. The number of rotatable bonds is 8. The number of nitrogens with zero attached hydrogens (tertiary/aromatic N) is 3. The van der Waals surface area contributed by atoms with Crippen molar-refractivity contribution < 1.29 is 27.5 Å². The summed E-state index contributed by atoms with van der Waals surface area (Å²) in [4.78, 5) is 28.9. The number of carbonyl (C=O) groups excluding carboxylic acids is 2. The van der Waals surface area contributed by atoms with Gasteiger partial charge in [0.25, 0.3) is 5.91 Å². The van der Waals surface area contributed by atoms with E-state index in [1.54, 1.807) is 13.0 Å². The number of ketones is 1. The van der Waals surface area contributed by atoms with Crippen LogP contribution in [0.4, 0.5) is 13.2 Å². The van der Waals surface area contributed by atoms with Crippen LogP contribution >= 0.6 is 0 Å². The molecule has 7 nitrogen and oxygen atoms in total. The zero-order valence-electron chi connectivity index (χ0n) is 16.5. The Hall–Kier alpha value is -3.04. The third-order valence-corrected chi connectivity index (χ3v) is 4.52. The Morgan fingerprint density at radius 3 is 2.57 bits per heavy atom. The summed E-state index contributed by atoms with van der Waals surface area (Å²) in [5, 5.41) is 9.86. The fourth-order valence-corrected chi connectivity index (χ4v) is 2.86. The van der Waals surface area contributed by atoms with Crippen molar-refractivity contribution >= 4 is 11.7 Å². The van der Waals surface area contributed by atoms with Gasteiger partial charge in [0.2, 0.25) is 5.88 Å². The van der Waals surface area contributed by atoms with Crippen molar-refractivity contribution in [3.05, 3.63) is 46.9 Å². The summed E-state index contributed by atoms with van der Waals surface area (Å²) in [6, 6.07) is 5.58. The standard InChI is InChI=1S/C20H21F3N4O3/c1-11-7-14(8-15(24-11)9-17(28)13-3-4-13)12(2)25-19(29)16-5-6-18(27-26-16)30-10-20(21,22)23/h5-8,12-13H,3-4,9-10H2,1-2H3,(H,25,29). The molecule has 1 aliphatic rings. The number of hydrogen-bond donors (Lipinski definition) is 1. The predicted octanol–water partition coefficient (Wildman–Crippen LogP) is 3.13. The molecule has 0 aliphatic heterocycles. The number of hydrogen-bond acceptors (Lipinski definition) is 6. The van der Waals surface area contributed by atoms with Crippen LogP contribution in [-0.2, 0) is 11.2 Å². The normalized spacial score (nSPS) is 14.8. The molecular formula is C20H21F3N4O3. The molecule has 10 heteroatoms. The van der Waals surface area contributed by atoms with E-state index in [9.17, 15) is 22.8 Å². The van der Waals surface area contributed by atoms with Crippen molar-refractivity contribution in [1.29, 1.82) is 0 Å². The maximum Gasteiger partial charge on any atom is 0.422 e. The van der Waals surface area contributed by atoms with Gasteiger partial charge in [0.15, 0.2) is 12.3 Å². The smallest absolute Gasteiger partial charge is 0.422 e. The van der Waals surface area contributed by atoms with Crippen molar-refractivity contribution in [2.24, 2.45) is 5.92 Å². The molecule has 1 N–H and O–H groups in total. The van der Waals surface area contributed by atoms with E-state index < -0.39 is 24.7 Å². The van der Waals surface area contributed by atoms with Crippen LogP contribution in [0.2, 0.25) is 0 Å². The van der Waals surface area contributed by atoms with Gasteiger partial charge in [-0.1, -0.05) is 0 Å². The first kappa shape index (κ1) is 21.7. The second-order valence-corrected chi connectivity index (χ2v) is 7.31. The summed E-state index contributed by atoms with van der Waals surface area (Å²) in [5.74, 6) is -0.539. The molecule has 2 aromatic rings. The number of alkyl halides is 3. The third kappa shape index (κ3) is 6.23. The van der Waals surface area contributed by atoms with Crippen LogP contribution in [0.1, 0.15) is 53.2 Å². The number of carbonyl (C=O) groups is 2. The molecule has 3 rings (SSSR count). The highest BCUT2D eigenvalue weighted by atomic mass is 19.4. The lowest BCUT2D eigenvalue weighted by Crippen LogP contribution is -2.28. The Bertz CT molecular complexity index is 928. The van der Waals surface area contributed by atoms with Crippen molar-refractivity contribution in [3.63, 3.8) is 0 Å². The average Bonchev–Trinajstić information content (AvgIpc) is 3.51. The number of pyridine rings is 1. The molecule has 1 aliphatic carbocycles. The van der Waals surface area contributed by atoms with E-state index in [1.165, 1.54) is 6.07 Å². The molecule has 160 valence electrons. The number of nitrogens with one attached hydrogen (secondary N) is 1. The second-order valence-electron chi connectivity index (χ2n) is 7.31. The van der Waals surface area contributed by atoms with E-state index in [0.29, 0.717) is 5.69 Å². The zero-order chi connectivity index (χ0) is 21.9. The van der Waals surface area contributed by atoms with Crippen molar-refractivity contribution in [1.82, 2.24) is 20.5 Å². The Morgan fingerprint density at radius 1 is 1.23 bits per heavy atom. The molecule has 2 aromatic heterocycles. The molecule has 1 atom stereocenters. The lowest BCUT2D eigenvalue weighted by molar-refractivity contribution is -0.154. The maximum atomic E-state index is 12.4. The van der Waals surface area contributed by atoms with Crippen LogP contribution in [0.5, 0.6) is 5.88 Å². The molecule has 1 unspecified atom stereocenters. The summed E-state index contributed by atoms with van der Waals surface area (Å²) in [7, 11) is 0. The molecule has 0 radical (unpaired) electrons. The minimum absolute atomic E-state index is 0.0591. The maximum absolute atomic E-state index is 12.4. The first-order chi connectivity index (χ1) is 14.1. The quantitative estimate of drug-likeness (QED) is 0.703. The number of Topliss-reactive ketones (excluding diaryl/α,β-unsaturated/α-hetero) is 1. The monoisotopic (exact) mass is 422 g/mol. The van der Waals surface area contributed by atoms with E-state index in [4.69, 9.17) is 0 Å². The third-order valence-electron chi connectivity index (χ3n) is 4.52. The molecule has 0 saturated heterocycles. The summed E-state index contributed by atoms with van der Waals surface area (Å²) < 4.78 is 41.0. The molecule has 30 heavy (non-hydrogen) atoms. The van der Waals surface area contributed by atoms with Gasteiger partial charge in [0.05, 0.1) is 6.04 Å². The van der Waals surface area contributed by atoms with E-state index in [0.717, 1.165) is 30.2 Å². The lowest BCUT2D eigenvalue weighted by Gasteiger charge is -2.16. The zero-order valence-corrected chi connectivity index (χ0v) is 16.5. The highest BCUT2D eigenvalue weighted by molar-refractivity contribution is 5.92. The fourth-order valence-electron chi connectivity index (χ4n) is 2.86. The largest absolute Gasteiger partial charge is 0.467 e. The van der Waals surface area contributed by atoms with Crippen molar-refractivity contribution in [3.8, 4) is 5.88 Å². The predicted molar refractivity (Wildman–Crippen MR) is 99.9 cm³/mol. The van der Waals surface area contributed by atoms with Gasteiger partial charge in [-0.25, -0.2) is 0 Å². The molecule has 1 amide bonds. The van der Waals surface area contributed by atoms with Crippen LogP contribution in [0.25, 0.3) is 0 Å². The van der Waals surface area contributed by atoms with Gasteiger partial charge >= 0.3 is 6.18 Å². The van der Waals surface area contributed by atoms with Crippen LogP contribution in [-0.4, -0.2) is 39.7 Å². The molecule has 2 heterocycles. The first-order valence-electron chi connectivity index (χ1n) is 9.45. The number of aromatic nitrogens is 3. The van der Waals surface area contributed by atoms with Crippen LogP contribution in [0.15, 0.2) is 24.3 Å². The van der Waals surface area contributed by atoms with Gasteiger partial charge in [0.1, 0.15) is 5.78 Å². The summed E-state index contributed by atoms with van der Waals surface area (Å²) in [6.45, 7) is 2.10.